The zero-order valence-corrected chi connectivity index (χ0v) is 10.6. The highest BCUT2D eigenvalue weighted by Gasteiger charge is 2.39. The smallest absolute Gasteiger partial charge is 0.279 e. The quantitative estimate of drug-likeness (QED) is 0.783. The minimum absolute atomic E-state index is 0.161. The molecule has 0 spiro atoms. The Morgan fingerprint density at radius 1 is 1.05 bits per heavy atom. The highest BCUT2D eigenvalue weighted by Crippen LogP contribution is 2.26. The Kier molecular flexibility index (Phi) is 4.50. The maximum Gasteiger partial charge on any atom is 0.411 e. The van der Waals surface area contributed by atoms with Crippen LogP contribution in [0.1, 0.15) is 11.1 Å². The van der Waals surface area contributed by atoms with Crippen LogP contribution >= 0.6 is 0 Å². The molecule has 104 valence electrons. The average Bonchev–Trinajstić information content (AvgIpc) is 2.44. The summed E-state index contributed by atoms with van der Waals surface area (Å²) >= 11 is 0. The topological polar surface area (TPSA) is 25.2 Å². The molecule has 1 unspecified atom stereocenters. The molecular weight excluding hydrogens is 265 g/mol. The lowest BCUT2D eigenvalue weighted by molar-refractivity contribution is -0.146. The fourth-order valence-electron chi connectivity index (χ4n) is 1.72. The van der Waals surface area contributed by atoms with E-state index in [-0.39, 0.29) is 6.42 Å². The van der Waals surface area contributed by atoms with Crippen molar-refractivity contribution >= 4 is 6.21 Å². The molecule has 20 heavy (non-hydrogen) atoms. The molecule has 0 N–H and O–H groups in total. The molecule has 1 aromatic carbocycles. The SMILES string of the molecule is FC(F)(F)C(Cc1ccccc1)N=Cc1ccncc1. The maximum atomic E-state index is 13.0. The van der Waals surface area contributed by atoms with E-state index in [1.54, 1.807) is 42.5 Å². The molecule has 0 amide bonds. The van der Waals surface area contributed by atoms with Gasteiger partial charge in [-0.3, -0.25) is 9.98 Å². The molecule has 1 aromatic heterocycles. The molecule has 0 radical (unpaired) electrons. The van der Waals surface area contributed by atoms with E-state index in [9.17, 15) is 13.2 Å². The van der Waals surface area contributed by atoms with Crippen LogP contribution in [0.25, 0.3) is 0 Å². The number of aromatic nitrogens is 1. The minimum Gasteiger partial charge on any atom is -0.279 e. The van der Waals surface area contributed by atoms with Crippen molar-refractivity contribution in [2.45, 2.75) is 18.6 Å². The monoisotopic (exact) mass is 278 g/mol. The van der Waals surface area contributed by atoms with Crippen molar-refractivity contribution in [2.75, 3.05) is 0 Å². The van der Waals surface area contributed by atoms with Crippen LogP contribution in [0.2, 0.25) is 0 Å². The van der Waals surface area contributed by atoms with Gasteiger partial charge in [0.25, 0.3) is 0 Å². The second-order valence-corrected chi connectivity index (χ2v) is 4.31. The Labute approximate surface area is 115 Å². The summed E-state index contributed by atoms with van der Waals surface area (Å²) in [5.41, 5.74) is 1.21. The van der Waals surface area contributed by atoms with Gasteiger partial charge in [-0.25, -0.2) is 0 Å². The van der Waals surface area contributed by atoms with Crippen LogP contribution < -0.4 is 0 Å². The van der Waals surface area contributed by atoms with Crippen molar-refractivity contribution in [3.8, 4) is 0 Å². The predicted octanol–water partition coefficient (Wildman–Crippen LogP) is 3.67. The number of hydrogen-bond donors (Lipinski definition) is 0. The van der Waals surface area contributed by atoms with Gasteiger partial charge in [0.05, 0.1) is 0 Å². The third-order valence-corrected chi connectivity index (χ3v) is 2.76. The lowest BCUT2D eigenvalue weighted by atomic mass is 10.1. The molecular formula is C15H13F3N2. The van der Waals surface area contributed by atoms with Gasteiger partial charge in [-0.1, -0.05) is 30.3 Å². The fraction of sp³-hybridized carbons (Fsp3) is 0.200. The van der Waals surface area contributed by atoms with Crippen LogP contribution in [-0.4, -0.2) is 23.4 Å². The highest BCUT2D eigenvalue weighted by atomic mass is 19.4. The summed E-state index contributed by atoms with van der Waals surface area (Å²) in [7, 11) is 0. The number of benzene rings is 1. The summed E-state index contributed by atoms with van der Waals surface area (Å²) in [6.45, 7) is 0. The Balaban J connectivity index is 2.15. The standard InChI is InChI=1S/C15H13F3N2/c16-15(17,18)14(10-12-4-2-1-3-5-12)20-11-13-6-8-19-9-7-13/h1-9,11,14H,10H2. The number of nitrogens with zero attached hydrogens (tertiary/aromatic N) is 2. The molecule has 2 aromatic rings. The maximum absolute atomic E-state index is 13.0. The van der Waals surface area contributed by atoms with Gasteiger partial charge in [-0.05, 0) is 23.3 Å². The molecule has 0 fully saturated rings. The molecule has 0 saturated carbocycles. The molecule has 0 saturated heterocycles. The summed E-state index contributed by atoms with van der Waals surface area (Å²) in [5, 5.41) is 0. The number of rotatable bonds is 4. The number of hydrogen-bond acceptors (Lipinski definition) is 2. The second-order valence-electron chi connectivity index (χ2n) is 4.31. The first-order valence-corrected chi connectivity index (χ1v) is 6.09. The number of halogens is 3. The Morgan fingerprint density at radius 3 is 2.30 bits per heavy atom. The van der Waals surface area contributed by atoms with E-state index in [4.69, 9.17) is 0 Å². The van der Waals surface area contributed by atoms with E-state index in [1.807, 2.05) is 0 Å². The Bertz CT molecular complexity index is 550. The van der Waals surface area contributed by atoms with Gasteiger partial charge < -0.3 is 0 Å². The van der Waals surface area contributed by atoms with Crippen LogP contribution in [0, 0.1) is 0 Å². The summed E-state index contributed by atoms with van der Waals surface area (Å²) in [5.74, 6) is 0. The summed E-state index contributed by atoms with van der Waals surface area (Å²) in [6, 6.07) is 10.0. The first kappa shape index (κ1) is 14.2. The van der Waals surface area contributed by atoms with E-state index in [0.717, 1.165) is 0 Å². The molecule has 0 aliphatic heterocycles. The van der Waals surface area contributed by atoms with Gasteiger partial charge in [0.15, 0.2) is 0 Å². The minimum atomic E-state index is -4.36. The Hall–Kier alpha value is -2.17. The largest absolute Gasteiger partial charge is 0.411 e. The van der Waals surface area contributed by atoms with Crippen molar-refractivity contribution in [1.82, 2.24) is 4.98 Å². The van der Waals surface area contributed by atoms with E-state index >= 15 is 0 Å². The van der Waals surface area contributed by atoms with E-state index in [1.165, 1.54) is 18.6 Å². The van der Waals surface area contributed by atoms with Crippen molar-refractivity contribution in [1.29, 1.82) is 0 Å². The first-order valence-electron chi connectivity index (χ1n) is 6.09. The summed E-state index contributed by atoms with van der Waals surface area (Å²) in [6.07, 6.45) is -0.254. The zero-order valence-electron chi connectivity index (χ0n) is 10.6. The second kappa shape index (κ2) is 6.32. The Morgan fingerprint density at radius 2 is 1.70 bits per heavy atom. The average molecular weight is 278 g/mol. The molecule has 2 rings (SSSR count). The normalized spacial score (nSPS) is 13.6. The van der Waals surface area contributed by atoms with Crippen LogP contribution in [0.15, 0.2) is 59.9 Å². The number of alkyl halides is 3. The third-order valence-electron chi connectivity index (χ3n) is 2.76. The van der Waals surface area contributed by atoms with Gasteiger partial charge in [0.2, 0.25) is 0 Å². The summed E-state index contributed by atoms with van der Waals surface area (Å²) in [4.78, 5) is 7.49. The molecule has 0 aliphatic rings. The summed E-state index contributed by atoms with van der Waals surface area (Å²) < 4.78 is 38.9. The lowest BCUT2D eigenvalue weighted by Crippen LogP contribution is -2.29. The van der Waals surface area contributed by atoms with E-state index < -0.39 is 12.2 Å². The molecule has 1 heterocycles. The van der Waals surface area contributed by atoms with Crippen LogP contribution in [-0.2, 0) is 6.42 Å². The first-order chi connectivity index (χ1) is 9.55. The van der Waals surface area contributed by atoms with Crippen molar-refractivity contribution in [3.05, 3.63) is 66.0 Å². The van der Waals surface area contributed by atoms with Crippen LogP contribution in [0.4, 0.5) is 13.2 Å². The highest BCUT2D eigenvalue weighted by molar-refractivity contribution is 5.79. The fourth-order valence-corrected chi connectivity index (χ4v) is 1.72. The molecule has 0 aliphatic carbocycles. The molecule has 5 heteroatoms. The van der Waals surface area contributed by atoms with Gasteiger partial charge in [-0.15, -0.1) is 0 Å². The predicted molar refractivity (Wildman–Crippen MR) is 71.8 cm³/mol. The van der Waals surface area contributed by atoms with Gasteiger partial charge >= 0.3 is 6.18 Å². The zero-order chi connectivity index (χ0) is 14.4. The third kappa shape index (κ3) is 4.19. The van der Waals surface area contributed by atoms with Crippen LogP contribution in [0.3, 0.4) is 0 Å². The number of aliphatic imine (C=N–C) groups is 1. The van der Waals surface area contributed by atoms with Crippen LogP contribution in [0.5, 0.6) is 0 Å². The van der Waals surface area contributed by atoms with E-state index in [0.29, 0.717) is 11.1 Å². The lowest BCUT2D eigenvalue weighted by Gasteiger charge is -2.16. The molecule has 0 bridgehead atoms. The van der Waals surface area contributed by atoms with Crippen molar-refractivity contribution in [3.63, 3.8) is 0 Å². The molecule has 1 atom stereocenters. The van der Waals surface area contributed by atoms with Gasteiger partial charge in [0.1, 0.15) is 6.04 Å². The van der Waals surface area contributed by atoms with Crippen molar-refractivity contribution in [2.24, 2.45) is 4.99 Å². The van der Waals surface area contributed by atoms with Gasteiger partial charge in [0, 0.05) is 25.0 Å². The van der Waals surface area contributed by atoms with E-state index in [2.05, 4.69) is 9.98 Å². The van der Waals surface area contributed by atoms with Crippen molar-refractivity contribution < 1.29 is 13.2 Å². The molecule has 2 nitrogen and oxygen atoms in total. The van der Waals surface area contributed by atoms with Gasteiger partial charge in [-0.2, -0.15) is 13.2 Å². The number of pyridine rings is 1.